The maximum absolute atomic E-state index is 11.9. The van der Waals surface area contributed by atoms with E-state index in [9.17, 15) is 9.59 Å². The van der Waals surface area contributed by atoms with Gasteiger partial charge in [0.1, 0.15) is 5.75 Å². The standard InChI is InChI=1S/C18H18ClNO4/c1-12-5-3-4-6-15(12)20-17(21)11-24-18(22)10-13-9-14(19)7-8-16(13)23-2/h3-9H,10-11H2,1-2H3,(H,20,21). The summed E-state index contributed by atoms with van der Waals surface area (Å²) in [6.07, 6.45) is -0.0264. The summed E-state index contributed by atoms with van der Waals surface area (Å²) in [7, 11) is 1.51. The van der Waals surface area contributed by atoms with Crippen LogP contribution in [-0.4, -0.2) is 25.6 Å². The number of benzene rings is 2. The van der Waals surface area contributed by atoms with Gasteiger partial charge in [-0.15, -0.1) is 0 Å². The molecule has 2 aromatic carbocycles. The number of para-hydroxylation sites is 1. The van der Waals surface area contributed by atoms with E-state index in [0.29, 0.717) is 22.0 Å². The van der Waals surface area contributed by atoms with Crippen molar-refractivity contribution in [2.24, 2.45) is 0 Å². The third kappa shape index (κ3) is 4.99. The van der Waals surface area contributed by atoms with Gasteiger partial charge in [-0.25, -0.2) is 0 Å². The molecule has 0 atom stereocenters. The number of aryl methyl sites for hydroxylation is 1. The van der Waals surface area contributed by atoms with Crippen LogP contribution in [0.25, 0.3) is 0 Å². The molecule has 0 aromatic heterocycles. The number of anilines is 1. The molecule has 0 unspecified atom stereocenters. The van der Waals surface area contributed by atoms with Crippen LogP contribution < -0.4 is 10.1 Å². The zero-order valence-electron chi connectivity index (χ0n) is 13.5. The lowest BCUT2D eigenvalue weighted by Crippen LogP contribution is -2.22. The predicted molar refractivity (Wildman–Crippen MR) is 92.5 cm³/mol. The maximum atomic E-state index is 11.9. The number of carbonyl (C=O) groups excluding carboxylic acids is 2. The minimum atomic E-state index is -0.532. The third-order valence-electron chi connectivity index (χ3n) is 3.36. The van der Waals surface area contributed by atoms with E-state index < -0.39 is 11.9 Å². The lowest BCUT2D eigenvalue weighted by Gasteiger charge is -2.10. The lowest BCUT2D eigenvalue weighted by molar-refractivity contribution is -0.146. The number of halogens is 1. The SMILES string of the molecule is COc1ccc(Cl)cc1CC(=O)OCC(=O)Nc1ccccc1C. The molecule has 2 rings (SSSR count). The van der Waals surface area contributed by atoms with E-state index >= 15 is 0 Å². The van der Waals surface area contributed by atoms with Crippen LogP contribution in [0.1, 0.15) is 11.1 Å². The normalized spacial score (nSPS) is 10.1. The second-order valence-electron chi connectivity index (χ2n) is 5.16. The average Bonchev–Trinajstić information content (AvgIpc) is 2.55. The van der Waals surface area contributed by atoms with E-state index in [2.05, 4.69) is 5.32 Å². The highest BCUT2D eigenvalue weighted by atomic mass is 35.5. The molecule has 0 saturated carbocycles. The number of nitrogens with one attached hydrogen (secondary N) is 1. The Bertz CT molecular complexity index is 746. The maximum Gasteiger partial charge on any atom is 0.310 e. The third-order valence-corrected chi connectivity index (χ3v) is 3.60. The van der Waals surface area contributed by atoms with Gasteiger partial charge >= 0.3 is 5.97 Å². The smallest absolute Gasteiger partial charge is 0.310 e. The quantitative estimate of drug-likeness (QED) is 0.813. The van der Waals surface area contributed by atoms with Crippen LogP contribution in [0.3, 0.4) is 0 Å². The molecular formula is C18H18ClNO4. The summed E-state index contributed by atoms with van der Waals surface area (Å²) >= 11 is 5.92. The number of ether oxygens (including phenoxy) is 2. The van der Waals surface area contributed by atoms with E-state index in [1.54, 1.807) is 24.3 Å². The molecule has 0 aliphatic carbocycles. The molecule has 6 heteroatoms. The summed E-state index contributed by atoms with van der Waals surface area (Å²) in [5.41, 5.74) is 2.23. The molecule has 0 aliphatic heterocycles. The molecule has 24 heavy (non-hydrogen) atoms. The molecule has 0 fully saturated rings. The highest BCUT2D eigenvalue weighted by Gasteiger charge is 2.13. The van der Waals surface area contributed by atoms with E-state index in [1.165, 1.54) is 7.11 Å². The zero-order chi connectivity index (χ0) is 17.5. The second-order valence-corrected chi connectivity index (χ2v) is 5.59. The van der Waals surface area contributed by atoms with Crippen LogP contribution in [0.2, 0.25) is 5.02 Å². The molecule has 0 radical (unpaired) electrons. The lowest BCUT2D eigenvalue weighted by atomic mass is 10.1. The van der Waals surface area contributed by atoms with Crippen molar-refractivity contribution in [1.29, 1.82) is 0 Å². The Balaban J connectivity index is 1.88. The molecule has 5 nitrogen and oxygen atoms in total. The second kappa shape index (κ2) is 8.36. The van der Waals surface area contributed by atoms with Crippen LogP contribution in [0.4, 0.5) is 5.69 Å². The molecule has 0 bridgehead atoms. The van der Waals surface area contributed by atoms with E-state index in [4.69, 9.17) is 21.1 Å². The van der Waals surface area contributed by atoms with Crippen LogP contribution >= 0.6 is 11.6 Å². The first-order chi connectivity index (χ1) is 11.5. The molecule has 0 aliphatic rings. The molecule has 0 heterocycles. The first-order valence-electron chi connectivity index (χ1n) is 7.33. The monoisotopic (exact) mass is 347 g/mol. The number of esters is 1. The van der Waals surface area contributed by atoms with Crippen molar-refractivity contribution in [3.8, 4) is 5.75 Å². The Hall–Kier alpha value is -2.53. The van der Waals surface area contributed by atoms with Crippen LogP contribution in [0.5, 0.6) is 5.75 Å². The number of hydrogen-bond acceptors (Lipinski definition) is 4. The van der Waals surface area contributed by atoms with Gasteiger partial charge in [-0.3, -0.25) is 9.59 Å². The van der Waals surface area contributed by atoms with Gasteiger partial charge in [-0.05, 0) is 36.8 Å². The van der Waals surface area contributed by atoms with Crippen molar-refractivity contribution in [3.63, 3.8) is 0 Å². The van der Waals surface area contributed by atoms with Crippen LogP contribution in [0.15, 0.2) is 42.5 Å². The summed E-state index contributed by atoms with van der Waals surface area (Å²) in [5, 5.41) is 3.20. The van der Waals surface area contributed by atoms with Crippen molar-refractivity contribution in [2.45, 2.75) is 13.3 Å². The number of amides is 1. The molecular weight excluding hydrogens is 330 g/mol. The van der Waals surface area contributed by atoms with Crippen molar-refractivity contribution in [2.75, 3.05) is 19.0 Å². The van der Waals surface area contributed by atoms with Gasteiger partial charge in [0.15, 0.2) is 6.61 Å². The Morgan fingerprint density at radius 3 is 2.62 bits per heavy atom. The van der Waals surface area contributed by atoms with Gasteiger partial charge in [0, 0.05) is 16.3 Å². The Kier molecular flexibility index (Phi) is 6.21. The average molecular weight is 348 g/mol. The highest BCUT2D eigenvalue weighted by Crippen LogP contribution is 2.23. The Morgan fingerprint density at radius 1 is 1.17 bits per heavy atom. The topological polar surface area (TPSA) is 64.6 Å². The van der Waals surface area contributed by atoms with Crippen molar-refractivity contribution in [3.05, 3.63) is 58.6 Å². The van der Waals surface area contributed by atoms with Gasteiger partial charge < -0.3 is 14.8 Å². The molecule has 1 amide bonds. The Morgan fingerprint density at radius 2 is 1.92 bits per heavy atom. The first kappa shape index (κ1) is 17.8. The minimum absolute atomic E-state index is 0.0264. The largest absolute Gasteiger partial charge is 0.496 e. The van der Waals surface area contributed by atoms with E-state index in [-0.39, 0.29) is 13.0 Å². The van der Waals surface area contributed by atoms with Gasteiger partial charge in [0.2, 0.25) is 0 Å². The van der Waals surface area contributed by atoms with Crippen molar-refractivity contribution >= 4 is 29.2 Å². The number of methoxy groups -OCH3 is 1. The zero-order valence-corrected chi connectivity index (χ0v) is 14.2. The number of rotatable bonds is 6. The first-order valence-corrected chi connectivity index (χ1v) is 7.71. The predicted octanol–water partition coefficient (Wildman–Crippen LogP) is 3.38. The highest BCUT2D eigenvalue weighted by molar-refractivity contribution is 6.30. The fraction of sp³-hybridized carbons (Fsp3) is 0.222. The molecule has 0 spiro atoms. The number of carbonyl (C=O) groups is 2. The minimum Gasteiger partial charge on any atom is -0.496 e. The molecule has 1 N–H and O–H groups in total. The van der Waals surface area contributed by atoms with Gasteiger partial charge in [-0.1, -0.05) is 29.8 Å². The van der Waals surface area contributed by atoms with Gasteiger partial charge in [-0.2, -0.15) is 0 Å². The summed E-state index contributed by atoms with van der Waals surface area (Å²) < 4.78 is 10.2. The van der Waals surface area contributed by atoms with Gasteiger partial charge in [0.05, 0.1) is 13.5 Å². The summed E-state index contributed by atoms with van der Waals surface area (Å²) in [5.74, 6) is -0.382. The van der Waals surface area contributed by atoms with Crippen LogP contribution in [-0.2, 0) is 20.7 Å². The summed E-state index contributed by atoms with van der Waals surface area (Å²) in [4.78, 5) is 23.8. The fourth-order valence-electron chi connectivity index (χ4n) is 2.14. The van der Waals surface area contributed by atoms with Crippen molar-refractivity contribution in [1.82, 2.24) is 0 Å². The number of hydrogen-bond donors (Lipinski definition) is 1. The molecule has 2 aromatic rings. The van der Waals surface area contributed by atoms with Gasteiger partial charge in [0.25, 0.3) is 5.91 Å². The Labute approximate surface area is 145 Å². The molecule has 0 saturated heterocycles. The van der Waals surface area contributed by atoms with E-state index in [0.717, 1.165) is 5.56 Å². The van der Waals surface area contributed by atoms with Crippen LogP contribution in [0, 0.1) is 6.92 Å². The van der Waals surface area contributed by atoms with Crippen molar-refractivity contribution < 1.29 is 19.1 Å². The summed E-state index contributed by atoms with van der Waals surface area (Å²) in [6, 6.07) is 12.3. The fourth-order valence-corrected chi connectivity index (χ4v) is 2.33. The molecule has 126 valence electrons. The van der Waals surface area contributed by atoms with E-state index in [1.807, 2.05) is 25.1 Å². The summed E-state index contributed by atoms with van der Waals surface area (Å²) in [6.45, 7) is 1.53.